The van der Waals surface area contributed by atoms with Gasteiger partial charge in [-0.1, -0.05) is 77.7 Å². The van der Waals surface area contributed by atoms with Crippen molar-refractivity contribution < 1.29 is 19.4 Å². The van der Waals surface area contributed by atoms with E-state index in [1.165, 1.54) is 82.0 Å². The first-order valence-electron chi connectivity index (χ1n) is 14.0. The zero-order chi connectivity index (χ0) is 26.9. The van der Waals surface area contributed by atoms with Crippen molar-refractivity contribution in [2.24, 2.45) is 0 Å². The molecule has 0 aromatic heterocycles. The molecule has 6 nitrogen and oxygen atoms in total. The van der Waals surface area contributed by atoms with Gasteiger partial charge in [-0.25, -0.2) is 4.79 Å². The minimum Gasteiger partial charge on any atom is -0.507 e. The lowest BCUT2D eigenvalue weighted by atomic mass is 10.1. The van der Waals surface area contributed by atoms with E-state index in [4.69, 9.17) is 4.74 Å². The van der Waals surface area contributed by atoms with Gasteiger partial charge in [0.1, 0.15) is 12.4 Å². The number of hydrogen-bond acceptors (Lipinski definition) is 5. The average molecular weight is 511 g/mol. The van der Waals surface area contributed by atoms with Crippen LogP contribution >= 0.6 is 0 Å². The molecule has 0 atom stereocenters. The zero-order valence-corrected chi connectivity index (χ0v) is 23.1. The van der Waals surface area contributed by atoms with E-state index in [1.54, 1.807) is 6.07 Å². The van der Waals surface area contributed by atoms with Gasteiger partial charge in [-0.2, -0.15) is 0 Å². The molecule has 0 bridgehead atoms. The van der Waals surface area contributed by atoms with E-state index >= 15 is 0 Å². The number of phenolic OH excluding ortho intramolecular Hbond substituents is 1. The summed E-state index contributed by atoms with van der Waals surface area (Å²) in [7, 11) is 0. The number of unbranched alkanes of at least 4 members (excludes halogenated alkanes) is 9. The molecule has 2 aromatic carbocycles. The number of carbonyl (C=O) groups is 2. The monoisotopic (exact) mass is 510 g/mol. The average Bonchev–Trinajstić information content (AvgIpc) is 2.89. The summed E-state index contributed by atoms with van der Waals surface area (Å²) in [6, 6.07) is 10.7. The number of anilines is 2. The fraction of sp³-hybridized carbons (Fsp3) is 0.548. The number of phenols is 1. The number of aldehydes is 1. The summed E-state index contributed by atoms with van der Waals surface area (Å²) < 4.78 is 5.29. The van der Waals surface area contributed by atoms with Gasteiger partial charge in [0.2, 0.25) is 0 Å². The van der Waals surface area contributed by atoms with Crippen molar-refractivity contribution in [3.8, 4) is 5.75 Å². The van der Waals surface area contributed by atoms with Crippen LogP contribution in [-0.2, 0) is 11.3 Å². The van der Waals surface area contributed by atoms with Gasteiger partial charge in [-0.3, -0.25) is 10.1 Å². The Morgan fingerprint density at radius 2 is 1.57 bits per heavy atom. The first kappa shape index (κ1) is 30.2. The molecule has 37 heavy (non-hydrogen) atoms. The summed E-state index contributed by atoms with van der Waals surface area (Å²) in [4.78, 5) is 25.6. The van der Waals surface area contributed by atoms with Crippen LogP contribution in [-0.4, -0.2) is 30.6 Å². The molecule has 2 N–H and O–H groups in total. The molecule has 0 saturated heterocycles. The molecule has 0 heterocycles. The van der Waals surface area contributed by atoms with Crippen LogP contribution in [0, 0.1) is 6.92 Å². The van der Waals surface area contributed by atoms with Gasteiger partial charge in [0.25, 0.3) is 0 Å². The van der Waals surface area contributed by atoms with E-state index < -0.39 is 6.09 Å². The minimum atomic E-state index is -0.564. The van der Waals surface area contributed by atoms with Gasteiger partial charge < -0.3 is 14.7 Å². The number of nitrogens with zero attached hydrogens (tertiary/aromatic N) is 1. The highest BCUT2D eigenvalue weighted by Gasteiger charge is 2.11. The van der Waals surface area contributed by atoms with Crippen LogP contribution in [0.5, 0.6) is 5.75 Å². The third-order valence-electron chi connectivity index (χ3n) is 6.68. The van der Waals surface area contributed by atoms with Crippen LogP contribution < -0.4 is 10.2 Å². The number of nitrogens with one attached hydrogen (secondary N) is 1. The van der Waals surface area contributed by atoms with Crippen LogP contribution in [0.15, 0.2) is 36.4 Å². The lowest BCUT2D eigenvalue weighted by Crippen LogP contribution is -2.25. The Labute approximate surface area is 223 Å². The molecular weight excluding hydrogens is 464 g/mol. The number of aromatic hydroxyl groups is 1. The number of carbonyl (C=O) groups excluding carboxylic acids is 2. The highest BCUT2D eigenvalue weighted by molar-refractivity contribution is 5.86. The first-order valence-corrected chi connectivity index (χ1v) is 14.0. The fourth-order valence-electron chi connectivity index (χ4n) is 4.49. The zero-order valence-electron chi connectivity index (χ0n) is 23.1. The smallest absolute Gasteiger partial charge is 0.411 e. The normalized spacial score (nSPS) is 10.8. The SMILES string of the molecule is CCCCCCCCCCCCN(CCC)c1ccc(NC(=O)OCc2ccc(C=O)c(O)c2)c(C)c1. The summed E-state index contributed by atoms with van der Waals surface area (Å²) in [5.41, 5.74) is 3.68. The number of amides is 1. The van der Waals surface area contributed by atoms with Crippen molar-refractivity contribution in [1.82, 2.24) is 0 Å². The topological polar surface area (TPSA) is 78.9 Å². The number of hydrogen-bond donors (Lipinski definition) is 2. The third-order valence-corrected chi connectivity index (χ3v) is 6.68. The van der Waals surface area contributed by atoms with E-state index in [1.807, 2.05) is 13.0 Å². The Morgan fingerprint density at radius 3 is 2.16 bits per heavy atom. The molecule has 0 spiro atoms. The van der Waals surface area contributed by atoms with Gasteiger partial charge in [0.05, 0.1) is 5.56 Å². The number of ether oxygens (including phenoxy) is 1. The van der Waals surface area contributed by atoms with Crippen LogP contribution in [0.25, 0.3) is 0 Å². The highest BCUT2D eigenvalue weighted by Crippen LogP contribution is 2.24. The molecular formula is C31H46N2O4. The Kier molecular flexibility index (Phi) is 14.2. The lowest BCUT2D eigenvalue weighted by molar-refractivity contribution is 0.112. The Hall–Kier alpha value is -3.02. The molecule has 6 heteroatoms. The maximum atomic E-state index is 12.3. The standard InChI is InChI=1S/C31H46N2O4/c1-4-6-7-8-9-10-11-12-13-14-20-33(19-5-2)28-17-18-29(25(3)21-28)32-31(36)37-24-26-15-16-27(23-34)30(35)22-26/h15-18,21-23,35H,4-14,19-20,24H2,1-3H3,(H,32,36). The number of aryl methyl sites for hydroxylation is 1. The van der Waals surface area contributed by atoms with Gasteiger partial charge in [-0.15, -0.1) is 0 Å². The van der Waals surface area contributed by atoms with Gasteiger partial charge >= 0.3 is 6.09 Å². The van der Waals surface area contributed by atoms with Crippen molar-refractivity contribution in [3.05, 3.63) is 53.1 Å². The fourth-order valence-corrected chi connectivity index (χ4v) is 4.49. The van der Waals surface area contributed by atoms with E-state index in [9.17, 15) is 14.7 Å². The van der Waals surface area contributed by atoms with Gasteiger partial charge in [0, 0.05) is 24.5 Å². The summed E-state index contributed by atoms with van der Waals surface area (Å²) in [5, 5.41) is 12.6. The molecule has 2 aromatic rings. The minimum absolute atomic E-state index is 0.00119. The molecule has 0 saturated carbocycles. The maximum absolute atomic E-state index is 12.3. The predicted octanol–water partition coefficient (Wildman–Crippen LogP) is 8.40. The summed E-state index contributed by atoms with van der Waals surface area (Å²) in [6.07, 6.45) is 14.5. The largest absolute Gasteiger partial charge is 0.507 e. The first-order chi connectivity index (χ1) is 18.0. The lowest BCUT2D eigenvalue weighted by Gasteiger charge is -2.25. The summed E-state index contributed by atoms with van der Waals surface area (Å²) >= 11 is 0. The molecule has 2 rings (SSSR count). The highest BCUT2D eigenvalue weighted by atomic mass is 16.5. The molecule has 0 radical (unpaired) electrons. The third kappa shape index (κ3) is 11.3. The molecule has 0 aliphatic carbocycles. The number of benzene rings is 2. The van der Waals surface area contributed by atoms with E-state index in [0.29, 0.717) is 17.5 Å². The summed E-state index contributed by atoms with van der Waals surface area (Å²) in [5.74, 6) is -0.127. The maximum Gasteiger partial charge on any atom is 0.411 e. The van der Waals surface area contributed by atoms with Crippen LogP contribution in [0.3, 0.4) is 0 Å². The van der Waals surface area contributed by atoms with Crippen LogP contribution in [0.1, 0.15) is 106 Å². The van der Waals surface area contributed by atoms with Crippen molar-refractivity contribution in [2.45, 2.75) is 98.0 Å². The summed E-state index contributed by atoms with van der Waals surface area (Å²) in [6.45, 7) is 8.52. The molecule has 0 aliphatic rings. The molecule has 1 amide bonds. The second-order valence-electron chi connectivity index (χ2n) is 9.88. The van der Waals surface area contributed by atoms with Crippen LogP contribution in [0.2, 0.25) is 0 Å². The van der Waals surface area contributed by atoms with E-state index in [2.05, 4.69) is 36.2 Å². The predicted molar refractivity (Wildman–Crippen MR) is 153 cm³/mol. The molecule has 0 fully saturated rings. The Bertz CT molecular complexity index is 960. The molecule has 204 valence electrons. The van der Waals surface area contributed by atoms with E-state index in [0.717, 1.165) is 25.1 Å². The Balaban J connectivity index is 1.78. The second kappa shape index (κ2) is 17.4. The van der Waals surface area contributed by atoms with Crippen molar-refractivity contribution in [3.63, 3.8) is 0 Å². The van der Waals surface area contributed by atoms with Gasteiger partial charge in [0.15, 0.2) is 6.29 Å². The number of rotatable bonds is 18. The quantitative estimate of drug-likeness (QED) is 0.155. The van der Waals surface area contributed by atoms with Crippen molar-refractivity contribution in [2.75, 3.05) is 23.3 Å². The Morgan fingerprint density at radius 1 is 0.892 bits per heavy atom. The van der Waals surface area contributed by atoms with Crippen LogP contribution in [0.4, 0.5) is 16.2 Å². The second-order valence-corrected chi connectivity index (χ2v) is 9.88. The van der Waals surface area contributed by atoms with Crippen molar-refractivity contribution >= 4 is 23.8 Å². The van der Waals surface area contributed by atoms with Crippen molar-refractivity contribution in [1.29, 1.82) is 0 Å². The van der Waals surface area contributed by atoms with E-state index in [-0.39, 0.29) is 17.9 Å². The van der Waals surface area contributed by atoms with Gasteiger partial charge in [-0.05, 0) is 61.2 Å². The molecule has 0 aliphatic heterocycles. The molecule has 0 unspecified atom stereocenters.